The molecule has 0 amide bonds. The standard InChI is InChI=1S/C60H39N/c1-4-16-51-42(10-1)13-7-19-54(51)45-26-22-40(23-27-45)48-32-36-59-57(38-48)58-39-49(41-24-28-46(29-25-41)55-20-8-14-43-11-2-5-17-52(43)55)33-37-60(58)61(59)50-34-30-47(31-35-50)56-21-9-15-44-12-3-6-18-53(44)56/h1-39H. The highest BCUT2D eigenvalue weighted by molar-refractivity contribution is 6.12. The van der Waals surface area contributed by atoms with E-state index in [1.807, 2.05) is 0 Å². The highest BCUT2D eigenvalue weighted by Gasteiger charge is 2.16. The highest BCUT2D eigenvalue weighted by Crippen LogP contribution is 2.40. The Bertz CT molecular complexity index is 3410. The highest BCUT2D eigenvalue weighted by atomic mass is 15.0. The van der Waals surface area contributed by atoms with Crippen molar-refractivity contribution in [2.24, 2.45) is 0 Å². The van der Waals surface area contributed by atoms with E-state index in [0.717, 1.165) is 5.69 Å². The predicted octanol–water partition coefficient (Wildman–Crippen LogP) is 16.6. The lowest BCUT2D eigenvalue weighted by Gasteiger charge is -2.12. The Labute approximate surface area is 355 Å². The second kappa shape index (κ2) is 14.4. The van der Waals surface area contributed by atoms with Crippen LogP contribution in [0.3, 0.4) is 0 Å². The van der Waals surface area contributed by atoms with E-state index in [1.165, 1.54) is 110 Å². The summed E-state index contributed by atoms with van der Waals surface area (Å²) < 4.78 is 2.43. The molecule has 1 heterocycles. The van der Waals surface area contributed by atoms with Gasteiger partial charge < -0.3 is 4.57 Å². The number of benzene rings is 11. The van der Waals surface area contributed by atoms with E-state index in [9.17, 15) is 0 Å². The summed E-state index contributed by atoms with van der Waals surface area (Å²) in [5, 5.41) is 10.1. The maximum Gasteiger partial charge on any atom is 0.0541 e. The maximum absolute atomic E-state index is 2.43. The molecule has 0 N–H and O–H groups in total. The second-order valence-electron chi connectivity index (χ2n) is 16.1. The predicted molar refractivity (Wildman–Crippen MR) is 260 cm³/mol. The van der Waals surface area contributed by atoms with Gasteiger partial charge in [-0.15, -0.1) is 0 Å². The van der Waals surface area contributed by atoms with Gasteiger partial charge in [0.1, 0.15) is 0 Å². The molecule has 0 fully saturated rings. The number of rotatable bonds is 6. The minimum absolute atomic E-state index is 1.14. The van der Waals surface area contributed by atoms with Crippen LogP contribution in [0, 0.1) is 0 Å². The zero-order valence-electron chi connectivity index (χ0n) is 33.5. The van der Waals surface area contributed by atoms with Crippen LogP contribution >= 0.6 is 0 Å². The Morgan fingerprint density at radius 1 is 0.213 bits per heavy atom. The van der Waals surface area contributed by atoms with E-state index in [-0.39, 0.29) is 0 Å². The molecule has 0 bridgehead atoms. The van der Waals surface area contributed by atoms with Crippen LogP contribution < -0.4 is 0 Å². The van der Waals surface area contributed by atoms with Gasteiger partial charge >= 0.3 is 0 Å². The van der Waals surface area contributed by atoms with Crippen molar-refractivity contribution in [3.63, 3.8) is 0 Å². The number of aromatic nitrogens is 1. The first kappa shape index (κ1) is 35.0. The molecule has 61 heavy (non-hydrogen) atoms. The molecule has 0 saturated carbocycles. The maximum atomic E-state index is 2.43. The summed E-state index contributed by atoms with van der Waals surface area (Å²) in [6, 6.07) is 86.8. The average Bonchev–Trinajstić information content (AvgIpc) is 3.66. The van der Waals surface area contributed by atoms with Gasteiger partial charge in [0.2, 0.25) is 0 Å². The summed E-state index contributed by atoms with van der Waals surface area (Å²) in [6.07, 6.45) is 0. The van der Waals surface area contributed by atoms with Crippen LogP contribution in [0.5, 0.6) is 0 Å². The first-order chi connectivity index (χ1) is 30.2. The van der Waals surface area contributed by atoms with Crippen LogP contribution in [-0.4, -0.2) is 4.57 Å². The molecule has 0 spiro atoms. The van der Waals surface area contributed by atoms with Gasteiger partial charge in [0.15, 0.2) is 0 Å². The molecular weight excluding hydrogens is 735 g/mol. The van der Waals surface area contributed by atoms with E-state index in [1.54, 1.807) is 0 Å². The fourth-order valence-corrected chi connectivity index (χ4v) is 9.57. The van der Waals surface area contributed by atoms with Gasteiger partial charge in [-0.1, -0.05) is 200 Å². The molecule has 0 aliphatic heterocycles. The van der Waals surface area contributed by atoms with Crippen LogP contribution in [0.4, 0.5) is 0 Å². The zero-order valence-corrected chi connectivity index (χ0v) is 33.5. The van der Waals surface area contributed by atoms with Crippen molar-refractivity contribution in [2.45, 2.75) is 0 Å². The lowest BCUT2D eigenvalue weighted by molar-refractivity contribution is 1.18. The summed E-state index contributed by atoms with van der Waals surface area (Å²) in [6.45, 7) is 0. The molecule has 0 unspecified atom stereocenters. The summed E-state index contributed by atoms with van der Waals surface area (Å²) in [4.78, 5) is 0. The van der Waals surface area contributed by atoms with Gasteiger partial charge in [-0.2, -0.15) is 0 Å². The Kier molecular flexibility index (Phi) is 8.25. The summed E-state index contributed by atoms with van der Waals surface area (Å²) >= 11 is 0. The third-order valence-corrected chi connectivity index (χ3v) is 12.6. The van der Waals surface area contributed by atoms with Crippen molar-refractivity contribution < 1.29 is 0 Å². The zero-order chi connectivity index (χ0) is 40.3. The molecule has 284 valence electrons. The largest absolute Gasteiger partial charge is 0.309 e. The Morgan fingerprint density at radius 2 is 0.525 bits per heavy atom. The summed E-state index contributed by atoms with van der Waals surface area (Å²) in [5.41, 5.74) is 15.7. The van der Waals surface area contributed by atoms with Gasteiger partial charge in [-0.3, -0.25) is 0 Å². The van der Waals surface area contributed by atoms with Crippen molar-refractivity contribution in [3.05, 3.63) is 237 Å². The first-order valence-electron chi connectivity index (χ1n) is 21.1. The van der Waals surface area contributed by atoms with Crippen LogP contribution in [0.1, 0.15) is 0 Å². The van der Waals surface area contributed by atoms with Crippen LogP contribution in [-0.2, 0) is 0 Å². The quantitative estimate of drug-likeness (QED) is 0.159. The Balaban J connectivity index is 0.973. The molecular formula is C60H39N. The topological polar surface area (TPSA) is 4.93 Å². The van der Waals surface area contributed by atoms with Gasteiger partial charge in [0, 0.05) is 16.5 Å². The molecule has 12 aromatic rings. The van der Waals surface area contributed by atoms with Crippen molar-refractivity contribution in [2.75, 3.05) is 0 Å². The summed E-state index contributed by atoms with van der Waals surface area (Å²) in [5.74, 6) is 0. The first-order valence-corrected chi connectivity index (χ1v) is 21.1. The molecule has 0 aliphatic carbocycles. The molecule has 1 nitrogen and oxygen atoms in total. The third-order valence-electron chi connectivity index (χ3n) is 12.6. The monoisotopic (exact) mass is 773 g/mol. The molecule has 11 aromatic carbocycles. The van der Waals surface area contributed by atoms with Crippen molar-refractivity contribution in [3.8, 4) is 61.3 Å². The van der Waals surface area contributed by atoms with Crippen molar-refractivity contribution in [1.29, 1.82) is 0 Å². The van der Waals surface area contributed by atoms with Gasteiger partial charge in [0.25, 0.3) is 0 Å². The normalized spacial score (nSPS) is 11.6. The van der Waals surface area contributed by atoms with Crippen molar-refractivity contribution >= 4 is 54.1 Å². The van der Waals surface area contributed by atoms with Crippen LogP contribution in [0.25, 0.3) is 115 Å². The van der Waals surface area contributed by atoms with Gasteiger partial charge in [-0.05, 0) is 124 Å². The van der Waals surface area contributed by atoms with E-state index < -0.39 is 0 Å². The molecule has 0 atom stereocenters. The van der Waals surface area contributed by atoms with Crippen LogP contribution in [0.2, 0.25) is 0 Å². The van der Waals surface area contributed by atoms with E-state index in [2.05, 4.69) is 241 Å². The molecule has 1 aromatic heterocycles. The lowest BCUT2D eigenvalue weighted by atomic mass is 9.95. The SMILES string of the molecule is c1ccc2c(-c3ccc(-c4ccc5c(c4)c4cc(-c6ccc(-c7cccc8ccccc78)cc6)ccc4n5-c4ccc(-c5cccc6ccccc56)cc4)cc3)cccc2c1. The van der Waals surface area contributed by atoms with E-state index in [4.69, 9.17) is 0 Å². The van der Waals surface area contributed by atoms with E-state index >= 15 is 0 Å². The van der Waals surface area contributed by atoms with E-state index in [0.29, 0.717) is 0 Å². The van der Waals surface area contributed by atoms with Gasteiger partial charge in [0.05, 0.1) is 11.0 Å². The fourth-order valence-electron chi connectivity index (χ4n) is 9.57. The van der Waals surface area contributed by atoms with Gasteiger partial charge in [-0.25, -0.2) is 0 Å². The molecule has 12 rings (SSSR count). The number of hydrogen-bond acceptors (Lipinski definition) is 0. The molecule has 0 aliphatic rings. The lowest BCUT2D eigenvalue weighted by Crippen LogP contribution is -1.94. The number of nitrogens with zero attached hydrogens (tertiary/aromatic N) is 1. The molecule has 1 heteroatoms. The minimum atomic E-state index is 1.14. The number of fused-ring (bicyclic) bond motifs is 6. The molecule has 0 radical (unpaired) electrons. The molecule has 0 saturated heterocycles. The third kappa shape index (κ3) is 6.02. The van der Waals surface area contributed by atoms with Crippen molar-refractivity contribution in [1.82, 2.24) is 4.57 Å². The average molecular weight is 774 g/mol. The Hall–Kier alpha value is -8.00. The number of hydrogen-bond donors (Lipinski definition) is 0. The smallest absolute Gasteiger partial charge is 0.0541 e. The summed E-state index contributed by atoms with van der Waals surface area (Å²) in [7, 11) is 0. The van der Waals surface area contributed by atoms with Crippen LogP contribution in [0.15, 0.2) is 237 Å². The second-order valence-corrected chi connectivity index (χ2v) is 16.1. The minimum Gasteiger partial charge on any atom is -0.309 e. The Morgan fingerprint density at radius 3 is 0.918 bits per heavy atom. The fraction of sp³-hybridized carbons (Fsp3) is 0.